The van der Waals surface area contributed by atoms with Crippen molar-refractivity contribution in [1.82, 2.24) is 9.55 Å². The maximum absolute atomic E-state index is 11.8. The van der Waals surface area contributed by atoms with Gasteiger partial charge in [0.25, 0.3) is 0 Å². The molecule has 0 amide bonds. The first-order valence-corrected chi connectivity index (χ1v) is 13.7. The summed E-state index contributed by atoms with van der Waals surface area (Å²) in [5.41, 5.74) is 7.70. The first kappa shape index (κ1) is 23.8. The molecule has 0 bridgehead atoms. The van der Waals surface area contributed by atoms with Crippen molar-refractivity contribution in [3.8, 4) is 34.0 Å². The zero-order chi connectivity index (χ0) is 26.5. The molecule has 3 heterocycles. The lowest BCUT2D eigenvalue weighted by atomic mass is 9.81. The fourth-order valence-electron chi connectivity index (χ4n) is 6.52. The van der Waals surface area contributed by atoms with Gasteiger partial charge in [0.2, 0.25) is 0 Å². The van der Waals surface area contributed by atoms with E-state index in [1.807, 2.05) is 36.4 Å². The molecule has 39 heavy (non-hydrogen) atoms. The zero-order valence-electron chi connectivity index (χ0n) is 21.9. The van der Waals surface area contributed by atoms with Crippen molar-refractivity contribution in [3.63, 3.8) is 0 Å². The molecule has 7 rings (SSSR count). The van der Waals surface area contributed by atoms with Crippen LogP contribution in [0.3, 0.4) is 0 Å². The molecule has 0 unspecified atom stereocenters. The topological polar surface area (TPSA) is 73.6 Å². The molecule has 5 aromatic rings. The smallest absolute Gasteiger partial charge is 0.335 e. The maximum Gasteiger partial charge on any atom is 0.335 e. The molecule has 6 heteroatoms. The van der Waals surface area contributed by atoms with Crippen LogP contribution in [-0.4, -0.2) is 34.3 Å². The Kier molecular flexibility index (Phi) is 5.76. The number of rotatable bonds is 4. The number of aromatic nitrogens is 2. The van der Waals surface area contributed by atoms with Gasteiger partial charge in [0, 0.05) is 27.4 Å². The summed E-state index contributed by atoms with van der Waals surface area (Å²) in [6, 6.07) is 21.9. The summed E-state index contributed by atoms with van der Waals surface area (Å²) in [5, 5.41) is 11.9. The molecule has 6 nitrogen and oxygen atoms in total. The van der Waals surface area contributed by atoms with Crippen LogP contribution < -0.4 is 9.47 Å². The molecule has 1 aliphatic carbocycles. The van der Waals surface area contributed by atoms with Crippen LogP contribution in [0.5, 0.6) is 11.5 Å². The number of carboxylic acid groups (broad SMARTS) is 1. The van der Waals surface area contributed by atoms with E-state index in [1.54, 1.807) is 13.2 Å². The number of nitrogens with zero attached hydrogens (tertiary/aromatic N) is 2. The van der Waals surface area contributed by atoms with Gasteiger partial charge in [0.1, 0.15) is 18.1 Å². The lowest BCUT2D eigenvalue weighted by molar-refractivity contribution is 0.0697. The van der Waals surface area contributed by atoms with Crippen LogP contribution in [0.1, 0.15) is 53.9 Å². The third-order valence-electron chi connectivity index (χ3n) is 8.39. The van der Waals surface area contributed by atoms with Crippen LogP contribution in [0.15, 0.2) is 66.7 Å². The van der Waals surface area contributed by atoms with Crippen LogP contribution in [-0.2, 0) is 6.54 Å². The minimum absolute atomic E-state index is 0.317. The van der Waals surface area contributed by atoms with Gasteiger partial charge >= 0.3 is 5.97 Å². The van der Waals surface area contributed by atoms with E-state index in [0.29, 0.717) is 24.6 Å². The molecular formula is C33H30N2O4. The zero-order valence-corrected chi connectivity index (χ0v) is 21.9. The summed E-state index contributed by atoms with van der Waals surface area (Å²) in [4.78, 5) is 16.8. The Morgan fingerprint density at radius 1 is 0.974 bits per heavy atom. The quantitative estimate of drug-likeness (QED) is 0.264. The molecule has 196 valence electrons. The summed E-state index contributed by atoms with van der Waals surface area (Å²) < 4.78 is 14.1. The van der Waals surface area contributed by atoms with E-state index < -0.39 is 5.97 Å². The molecule has 0 radical (unpaired) electrons. The van der Waals surface area contributed by atoms with E-state index in [1.165, 1.54) is 35.9 Å². The Balaban J connectivity index is 1.43. The average Bonchev–Trinajstić information content (AvgIpc) is 3.17. The molecule has 2 aromatic heterocycles. The fourth-order valence-corrected chi connectivity index (χ4v) is 6.52. The largest absolute Gasteiger partial charge is 0.497 e. The van der Waals surface area contributed by atoms with Crippen LogP contribution in [0, 0.1) is 0 Å². The summed E-state index contributed by atoms with van der Waals surface area (Å²) in [6.07, 6.45) is 6.04. The van der Waals surface area contributed by atoms with E-state index in [2.05, 4.69) is 28.8 Å². The van der Waals surface area contributed by atoms with Crippen LogP contribution >= 0.6 is 0 Å². The average molecular weight is 519 g/mol. The lowest BCUT2D eigenvalue weighted by Gasteiger charge is -2.23. The number of fused-ring (bicyclic) bond motifs is 7. The number of aromatic carboxylic acids is 1. The molecule has 1 aliphatic heterocycles. The number of hydrogen-bond acceptors (Lipinski definition) is 4. The standard InChI is InChI=1S/C33H30N2O4/c1-38-23-10-7-20(8-11-23)27-15-13-24-28(34-27)16-14-26-31-30(21-5-3-2-4-6-21)25-12-9-22(33(36)37)19-29(25)35(31)17-18-39-32(24)26/h7-16,19,21H,2-6,17-18H2,1H3,(H,36,37). The number of benzene rings is 3. The molecule has 3 aromatic carbocycles. The summed E-state index contributed by atoms with van der Waals surface area (Å²) in [6.45, 7) is 1.17. The highest BCUT2D eigenvalue weighted by Gasteiger charge is 2.30. The highest BCUT2D eigenvalue weighted by Crippen LogP contribution is 2.48. The summed E-state index contributed by atoms with van der Waals surface area (Å²) in [5.74, 6) is 1.23. The molecule has 1 saturated carbocycles. The van der Waals surface area contributed by atoms with Crippen molar-refractivity contribution in [3.05, 3.63) is 77.9 Å². The van der Waals surface area contributed by atoms with Gasteiger partial charge in [-0.3, -0.25) is 0 Å². The van der Waals surface area contributed by atoms with E-state index in [4.69, 9.17) is 14.5 Å². The van der Waals surface area contributed by atoms with Crippen molar-refractivity contribution < 1.29 is 19.4 Å². The lowest BCUT2D eigenvalue weighted by Crippen LogP contribution is -2.07. The van der Waals surface area contributed by atoms with Crippen molar-refractivity contribution in [2.75, 3.05) is 13.7 Å². The van der Waals surface area contributed by atoms with Crippen molar-refractivity contribution in [2.24, 2.45) is 0 Å². The Hall–Kier alpha value is -4.32. The minimum Gasteiger partial charge on any atom is -0.497 e. The number of pyridine rings is 1. The number of methoxy groups -OCH3 is 1. The third-order valence-corrected chi connectivity index (χ3v) is 8.39. The second-order valence-corrected chi connectivity index (χ2v) is 10.6. The maximum atomic E-state index is 11.8. The first-order valence-electron chi connectivity index (χ1n) is 13.7. The Bertz CT molecular complexity index is 1730. The van der Waals surface area contributed by atoms with Crippen molar-refractivity contribution >= 4 is 27.8 Å². The number of carboxylic acids is 1. The van der Waals surface area contributed by atoms with Crippen LogP contribution in [0.4, 0.5) is 0 Å². The first-order chi connectivity index (χ1) is 19.1. The van der Waals surface area contributed by atoms with Crippen molar-refractivity contribution in [1.29, 1.82) is 0 Å². The number of hydrogen-bond donors (Lipinski definition) is 1. The van der Waals surface area contributed by atoms with Gasteiger partial charge < -0.3 is 19.1 Å². The van der Waals surface area contributed by atoms with E-state index in [-0.39, 0.29) is 0 Å². The molecule has 1 fully saturated rings. The fraction of sp³-hybridized carbons (Fsp3) is 0.273. The summed E-state index contributed by atoms with van der Waals surface area (Å²) >= 11 is 0. The van der Waals surface area contributed by atoms with E-state index >= 15 is 0 Å². The number of ether oxygens (including phenoxy) is 2. The third kappa shape index (κ3) is 3.94. The monoisotopic (exact) mass is 518 g/mol. The highest BCUT2D eigenvalue weighted by molar-refractivity contribution is 6.01. The molecule has 2 aliphatic rings. The van der Waals surface area contributed by atoms with Gasteiger partial charge in [-0.15, -0.1) is 0 Å². The highest BCUT2D eigenvalue weighted by atomic mass is 16.5. The molecule has 0 saturated heterocycles. The Labute approximate surface area is 226 Å². The van der Waals surface area contributed by atoms with E-state index in [9.17, 15) is 9.90 Å². The SMILES string of the molecule is COc1ccc(-c2ccc3c4c(ccc3n2)-c2c(C3CCCCC3)c3ccc(C(=O)O)cc3n2CCO4)cc1. The van der Waals surface area contributed by atoms with E-state index in [0.717, 1.165) is 57.6 Å². The molecule has 0 spiro atoms. The van der Waals surface area contributed by atoms with Crippen molar-refractivity contribution in [2.45, 2.75) is 44.6 Å². The van der Waals surface area contributed by atoms with Gasteiger partial charge in [-0.1, -0.05) is 25.3 Å². The van der Waals surface area contributed by atoms with Gasteiger partial charge in [-0.25, -0.2) is 9.78 Å². The van der Waals surface area contributed by atoms with Gasteiger partial charge in [0.15, 0.2) is 0 Å². The molecule has 0 atom stereocenters. The molecule has 1 N–H and O–H groups in total. The van der Waals surface area contributed by atoms with Gasteiger partial charge in [0.05, 0.1) is 36.1 Å². The summed E-state index contributed by atoms with van der Waals surface area (Å²) in [7, 11) is 1.67. The minimum atomic E-state index is -0.901. The predicted molar refractivity (Wildman–Crippen MR) is 153 cm³/mol. The normalized spacial score (nSPS) is 15.4. The van der Waals surface area contributed by atoms with Gasteiger partial charge in [-0.05, 0) is 85.0 Å². The van der Waals surface area contributed by atoms with Gasteiger partial charge in [-0.2, -0.15) is 0 Å². The second-order valence-electron chi connectivity index (χ2n) is 10.6. The van der Waals surface area contributed by atoms with Crippen LogP contribution in [0.2, 0.25) is 0 Å². The number of carbonyl (C=O) groups is 1. The Morgan fingerprint density at radius 3 is 2.54 bits per heavy atom. The molecular weight excluding hydrogens is 488 g/mol. The van der Waals surface area contributed by atoms with Crippen LogP contribution in [0.25, 0.3) is 44.3 Å². The predicted octanol–water partition coefficient (Wildman–Crippen LogP) is 7.67. The Morgan fingerprint density at radius 2 is 1.77 bits per heavy atom. The second kappa shape index (κ2) is 9.45.